The lowest BCUT2D eigenvalue weighted by molar-refractivity contribution is -0.127. The first-order valence-corrected chi connectivity index (χ1v) is 11.5. The highest BCUT2D eigenvalue weighted by Crippen LogP contribution is 2.32. The second kappa shape index (κ2) is 12.0. The van der Waals surface area contributed by atoms with Gasteiger partial charge in [-0.05, 0) is 54.6 Å². The van der Waals surface area contributed by atoms with E-state index in [1.807, 2.05) is 0 Å². The third-order valence-corrected chi connectivity index (χ3v) is 5.90. The smallest absolute Gasteiger partial charge is 0.293 e. The Hall–Kier alpha value is -3.92. The van der Waals surface area contributed by atoms with Crippen molar-refractivity contribution in [2.45, 2.75) is 13.0 Å². The van der Waals surface area contributed by atoms with Crippen LogP contribution in [0.3, 0.4) is 0 Å². The summed E-state index contributed by atoms with van der Waals surface area (Å²) in [6, 6.07) is 12.2. The van der Waals surface area contributed by atoms with Crippen LogP contribution < -0.4 is 15.4 Å². The van der Waals surface area contributed by atoms with Crippen LogP contribution in [0.25, 0.3) is 12.2 Å². The molecule has 2 aromatic carbocycles. The van der Waals surface area contributed by atoms with Gasteiger partial charge in [0.1, 0.15) is 17.6 Å². The van der Waals surface area contributed by atoms with Crippen LogP contribution in [0.1, 0.15) is 18.1 Å². The fraction of sp³-hybridized carbons (Fsp3) is 0.200. The van der Waals surface area contributed by atoms with E-state index >= 15 is 0 Å². The summed E-state index contributed by atoms with van der Waals surface area (Å²) in [5.74, 6) is -1.27. The Kier molecular flexibility index (Phi) is 8.80. The van der Waals surface area contributed by atoms with Crippen molar-refractivity contribution in [1.82, 2.24) is 15.5 Å². The fourth-order valence-electron chi connectivity index (χ4n) is 3.08. The normalized spacial score (nSPS) is 15.5. The number of benzene rings is 2. The average Bonchev–Trinajstić information content (AvgIpc) is 3.11. The number of carbonyl (C=O) groups is 4. The number of carbonyl (C=O) groups excluding carboxylic acids is 4. The lowest BCUT2D eigenvalue weighted by Gasteiger charge is -2.16. The molecule has 4 amide bonds. The van der Waals surface area contributed by atoms with E-state index in [1.165, 1.54) is 37.3 Å². The second-order valence-corrected chi connectivity index (χ2v) is 8.48. The van der Waals surface area contributed by atoms with Gasteiger partial charge in [-0.15, -0.1) is 0 Å². The van der Waals surface area contributed by atoms with Gasteiger partial charge in [0.05, 0.1) is 12.0 Å². The summed E-state index contributed by atoms with van der Waals surface area (Å²) < 4.78 is 18.9. The number of ether oxygens (including phenoxy) is 1. The van der Waals surface area contributed by atoms with E-state index in [0.29, 0.717) is 17.5 Å². The average molecular weight is 498 g/mol. The van der Waals surface area contributed by atoms with Crippen molar-refractivity contribution in [3.8, 4) is 5.75 Å². The summed E-state index contributed by atoms with van der Waals surface area (Å²) in [5, 5.41) is 4.64. The Morgan fingerprint density at radius 2 is 1.86 bits per heavy atom. The summed E-state index contributed by atoms with van der Waals surface area (Å²) >= 11 is 0.712. The zero-order chi connectivity index (χ0) is 25.4. The van der Waals surface area contributed by atoms with Crippen LogP contribution >= 0.6 is 11.8 Å². The summed E-state index contributed by atoms with van der Waals surface area (Å²) in [4.78, 5) is 50.2. The Labute approximate surface area is 206 Å². The monoisotopic (exact) mass is 497 g/mol. The van der Waals surface area contributed by atoms with Gasteiger partial charge < -0.3 is 15.4 Å². The molecule has 0 saturated carbocycles. The van der Waals surface area contributed by atoms with Gasteiger partial charge in [-0.3, -0.25) is 24.1 Å². The molecule has 1 saturated heterocycles. The van der Waals surface area contributed by atoms with E-state index in [0.717, 1.165) is 10.5 Å². The van der Waals surface area contributed by atoms with Crippen LogP contribution in [0.5, 0.6) is 5.75 Å². The third kappa shape index (κ3) is 7.03. The van der Waals surface area contributed by atoms with Crippen LogP contribution in [-0.4, -0.2) is 54.1 Å². The number of nitrogens with zero attached hydrogens (tertiary/aromatic N) is 1. The molecule has 1 atom stereocenters. The van der Waals surface area contributed by atoms with Crippen molar-refractivity contribution >= 4 is 46.9 Å². The molecule has 2 aromatic rings. The molecule has 0 radical (unpaired) electrons. The highest BCUT2D eigenvalue weighted by molar-refractivity contribution is 8.18. The molecule has 1 aliphatic heterocycles. The van der Waals surface area contributed by atoms with E-state index in [1.54, 1.807) is 43.5 Å². The minimum absolute atomic E-state index is 0.00570. The van der Waals surface area contributed by atoms with E-state index in [2.05, 4.69) is 10.6 Å². The minimum atomic E-state index is -0.834. The number of halogens is 1. The molecule has 35 heavy (non-hydrogen) atoms. The van der Waals surface area contributed by atoms with Crippen molar-refractivity contribution < 1.29 is 28.3 Å². The fourth-order valence-corrected chi connectivity index (χ4v) is 3.94. The number of hydrogen-bond donors (Lipinski definition) is 2. The Morgan fingerprint density at radius 1 is 1.14 bits per heavy atom. The maximum atomic E-state index is 13.8. The molecule has 0 aromatic heterocycles. The highest BCUT2D eigenvalue weighted by atomic mass is 32.2. The molecule has 0 bridgehead atoms. The predicted octanol–water partition coefficient (Wildman–Crippen LogP) is 3.20. The molecule has 1 fully saturated rings. The second-order valence-electron chi connectivity index (χ2n) is 7.48. The molecule has 3 rings (SSSR count). The number of amides is 4. The number of imide groups is 1. The molecule has 1 unspecified atom stereocenters. The molecular weight excluding hydrogens is 473 g/mol. The maximum absolute atomic E-state index is 13.8. The molecule has 1 heterocycles. The lowest BCUT2D eigenvalue weighted by Crippen LogP contribution is -2.46. The molecule has 8 nitrogen and oxygen atoms in total. The summed E-state index contributed by atoms with van der Waals surface area (Å²) in [5.41, 5.74) is 0.996. The Morgan fingerprint density at radius 3 is 2.54 bits per heavy atom. The topological polar surface area (TPSA) is 105 Å². The van der Waals surface area contributed by atoms with Gasteiger partial charge in [0.2, 0.25) is 11.8 Å². The number of rotatable bonds is 9. The summed E-state index contributed by atoms with van der Waals surface area (Å²) in [6.07, 6.45) is 4.25. The largest absolute Gasteiger partial charge is 0.497 e. The summed E-state index contributed by atoms with van der Waals surface area (Å²) in [6.45, 7) is 1.47. The van der Waals surface area contributed by atoms with Crippen LogP contribution in [-0.2, 0) is 14.4 Å². The first-order chi connectivity index (χ1) is 16.8. The van der Waals surface area contributed by atoms with Crippen LogP contribution in [0.4, 0.5) is 9.18 Å². The van der Waals surface area contributed by atoms with Gasteiger partial charge in [-0.25, -0.2) is 4.39 Å². The first kappa shape index (κ1) is 25.7. The van der Waals surface area contributed by atoms with Crippen LogP contribution in [0.2, 0.25) is 0 Å². The number of nitrogens with one attached hydrogen (secondary N) is 2. The number of methoxy groups -OCH3 is 1. The van der Waals surface area contributed by atoms with Gasteiger partial charge in [0.25, 0.3) is 11.1 Å². The zero-order valence-electron chi connectivity index (χ0n) is 19.1. The zero-order valence-corrected chi connectivity index (χ0v) is 19.9. The third-order valence-electron chi connectivity index (χ3n) is 5.00. The molecule has 1 aliphatic rings. The van der Waals surface area contributed by atoms with Crippen molar-refractivity contribution in [1.29, 1.82) is 0 Å². The van der Waals surface area contributed by atoms with Crippen LogP contribution in [0, 0.1) is 5.82 Å². The lowest BCUT2D eigenvalue weighted by atomic mass is 10.2. The number of thioether (sulfide) groups is 1. The van der Waals surface area contributed by atoms with E-state index < -0.39 is 34.8 Å². The highest BCUT2D eigenvalue weighted by Gasteiger charge is 2.34. The quantitative estimate of drug-likeness (QED) is 0.516. The van der Waals surface area contributed by atoms with E-state index in [-0.39, 0.29) is 23.6 Å². The molecule has 0 spiro atoms. The minimum Gasteiger partial charge on any atom is -0.497 e. The standard InChI is InChI=1S/C25H24FN3O5S/c1-16(28-22(30)12-9-17-7-10-19(34-2)11-8-17)23(31)27-13-14-29-24(32)21(35-25(29)33)15-18-5-3-4-6-20(18)26/h3-12,15-16H,13-14H2,1-2H3,(H,27,31)(H,28,30)/b12-9+,21-15-. The van der Waals surface area contributed by atoms with Crippen LogP contribution in [0.15, 0.2) is 59.5 Å². The molecule has 0 aliphatic carbocycles. The first-order valence-electron chi connectivity index (χ1n) is 10.7. The molecule has 2 N–H and O–H groups in total. The van der Waals surface area contributed by atoms with Crippen molar-refractivity contribution in [2.75, 3.05) is 20.2 Å². The van der Waals surface area contributed by atoms with Gasteiger partial charge >= 0.3 is 0 Å². The molecular formula is C25H24FN3O5S. The number of hydrogen-bond acceptors (Lipinski definition) is 6. The van der Waals surface area contributed by atoms with Gasteiger partial charge in [0.15, 0.2) is 0 Å². The van der Waals surface area contributed by atoms with Gasteiger partial charge in [-0.1, -0.05) is 30.3 Å². The van der Waals surface area contributed by atoms with Gasteiger partial charge in [0, 0.05) is 24.7 Å². The Balaban J connectivity index is 1.46. The van der Waals surface area contributed by atoms with Crippen molar-refractivity contribution in [2.24, 2.45) is 0 Å². The van der Waals surface area contributed by atoms with Crippen molar-refractivity contribution in [3.63, 3.8) is 0 Å². The SMILES string of the molecule is COc1ccc(/C=C/C(=O)NC(C)C(=O)NCCN2C(=O)S/C(=C\c3ccccc3F)C2=O)cc1. The van der Waals surface area contributed by atoms with Crippen molar-refractivity contribution in [3.05, 3.63) is 76.5 Å². The Bertz CT molecular complexity index is 1180. The summed E-state index contributed by atoms with van der Waals surface area (Å²) in [7, 11) is 1.56. The van der Waals surface area contributed by atoms with E-state index in [9.17, 15) is 23.6 Å². The maximum Gasteiger partial charge on any atom is 0.293 e. The predicted molar refractivity (Wildman–Crippen MR) is 132 cm³/mol. The molecule has 182 valence electrons. The molecule has 10 heteroatoms. The van der Waals surface area contributed by atoms with Gasteiger partial charge in [-0.2, -0.15) is 0 Å². The van der Waals surface area contributed by atoms with E-state index in [4.69, 9.17) is 4.74 Å².